The van der Waals surface area contributed by atoms with Gasteiger partial charge in [-0.2, -0.15) is 0 Å². The lowest BCUT2D eigenvalue weighted by molar-refractivity contribution is -0.161. The van der Waals surface area contributed by atoms with Crippen LogP contribution in [0.3, 0.4) is 0 Å². The monoisotopic (exact) mass is 742 g/mol. The molecule has 0 spiro atoms. The Morgan fingerprint density at radius 3 is 1.55 bits per heavy atom. The van der Waals surface area contributed by atoms with Gasteiger partial charge in [0.05, 0.1) is 13.2 Å². The normalized spacial score (nSPS) is 13.7. The van der Waals surface area contributed by atoms with Crippen molar-refractivity contribution < 1.29 is 37.6 Å². The second kappa shape index (κ2) is 38.0. The third-order valence-electron chi connectivity index (χ3n) is 8.50. The smallest absolute Gasteiger partial charge is 0.462 e. The zero-order chi connectivity index (χ0) is 37.5. The van der Waals surface area contributed by atoms with E-state index in [9.17, 15) is 19.0 Å². The number of allylic oxidation sites excluding steroid dienone is 6. The van der Waals surface area contributed by atoms with Crippen LogP contribution in [0.2, 0.25) is 0 Å². The summed E-state index contributed by atoms with van der Waals surface area (Å²) in [6, 6.07) is 0. The minimum atomic E-state index is -4.38. The first-order valence-electron chi connectivity index (χ1n) is 20.5. The number of carbonyl (C=O) groups excluding carboxylic acids is 2. The van der Waals surface area contributed by atoms with Crippen LogP contribution in [0.25, 0.3) is 0 Å². The van der Waals surface area contributed by atoms with Gasteiger partial charge in [0.15, 0.2) is 6.10 Å². The van der Waals surface area contributed by atoms with E-state index in [1.54, 1.807) is 0 Å². The molecular weight excluding hydrogens is 665 g/mol. The number of carbonyl (C=O) groups is 2. The van der Waals surface area contributed by atoms with Crippen molar-refractivity contribution in [2.24, 2.45) is 5.73 Å². The summed E-state index contributed by atoms with van der Waals surface area (Å²) < 4.78 is 32.7. The summed E-state index contributed by atoms with van der Waals surface area (Å²) in [6.45, 7) is 3.67. The van der Waals surface area contributed by atoms with Crippen molar-refractivity contribution >= 4 is 19.8 Å². The molecule has 298 valence electrons. The third-order valence-corrected chi connectivity index (χ3v) is 9.48. The highest BCUT2D eigenvalue weighted by Gasteiger charge is 2.25. The molecule has 51 heavy (non-hydrogen) atoms. The molecule has 0 aliphatic heterocycles. The van der Waals surface area contributed by atoms with E-state index in [0.29, 0.717) is 12.8 Å². The van der Waals surface area contributed by atoms with Gasteiger partial charge in [0, 0.05) is 19.4 Å². The number of hydrogen-bond acceptors (Lipinski definition) is 8. The molecule has 3 N–H and O–H groups in total. The molecule has 0 fully saturated rings. The molecule has 10 heteroatoms. The summed E-state index contributed by atoms with van der Waals surface area (Å²) in [7, 11) is -4.38. The van der Waals surface area contributed by atoms with Gasteiger partial charge in [-0.15, -0.1) is 0 Å². The lowest BCUT2D eigenvalue weighted by atomic mass is 10.1. The SMILES string of the molecule is CCCCCC=CCC=CCCCCCCCC(=O)OC[C@H](COP(=O)(O)OCCN)OC(=O)CCCCCCCC=CCCCCCCCC. The fraction of sp³-hybridized carbons (Fsp3) is 0.805. The molecule has 1 unspecified atom stereocenters. The summed E-state index contributed by atoms with van der Waals surface area (Å²) in [4.78, 5) is 34.8. The Morgan fingerprint density at radius 2 is 1.02 bits per heavy atom. The molecule has 0 aromatic carbocycles. The molecule has 0 heterocycles. The number of phosphoric acid groups is 1. The van der Waals surface area contributed by atoms with E-state index in [1.165, 1.54) is 70.6 Å². The van der Waals surface area contributed by atoms with Crippen LogP contribution in [-0.2, 0) is 32.7 Å². The van der Waals surface area contributed by atoms with Crippen LogP contribution in [0, 0.1) is 0 Å². The first kappa shape index (κ1) is 49.2. The molecule has 0 saturated heterocycles. The fourth-order valence-corrected chi connectivity index (χ4v) is 6.19. The highest BCUT2D eigenvalue weighted by Crippen LogP contribution is 2.43. The second-order valence-corrected chi connectivity index (χ2v) is 14.9. The van der Waals surface area contributed by atoms with Gasteiger partial charge in [-0.05, 0) is 70.6 Å². The number of phosphoric ester groups is 1. The number of esters is 2. The van der Waals surface area contributed by atoms with Crippen LogP contribution in [0.1, 0.15) is 181 Å². The van der Waals surface area contributed by atoms with E-state index >= 15 is 0 Å². The maximum Gasteiger partial charge on any atom is 0.472 e. The Hall–Kier alpha value is -1.77. The predicted molar refractivity (Wildman–Crippen MR) is 210 cm³/mol. The first-order valence-corrected chi connectivity index (χ1v) is 22.0. The molecule has 0 amide bonds. The predicted octanol–water partition coefficient (Wildman–Crippen LogP) is 11.4. The van der Waals surface area contributed by atoms with E-state index in [4.69, 9.17) is 24.3 Å². The Labute approximate surface area is 312 Å². The van der Waals surface area contributed by atoms with Gasteiger partial charge in [-0.25, -0.2) is 4.57 Å². The van der Waals surface area contributed by atoms with Crippen LogP contribution < -0.4 is 5.73 Å². The Bertz CT molecular complexity index is 939. The number of unbranched alkanes of at least 4 members (excludes halogenated alkanes) is 19. The largest absolute Gasteiger partial charge is 0.472 e. The van der Waals surface area contributed by atoms with E-state index in [-0.39, 0.29) is 32.6 Å². The van der Waals surface area contributed by atoms with E-state index in [1.807, 2.05) is 0 Å². The molecule has 0 bridgehead atoms. The van der Waals surface area contributed by atoms with Crippen molar-refractivity contribution in [3.8, 4) is 0 Å². The van der Waals surface area contributed by atoms with Crippen molar-refractivity contribution in [3.05, 3.63) is 36.5 Å². The van der Waals surface area contributed by atoms with Gasteiger partial charge >= 0.3 is 19.8 Å². The summed E-state index contributed by atoms with van der Waals surface area (Å²) in [5.41, 5.74) is 5.34. The number of rotatable bonds is 38. The fourth-order valence-electron chi connectivity index (χ4n) is 5.42. The maximum atomic E-state index is 12.5. The molecule has 0 aliphatic carbocycles. The quantitative estimate of drug-likeness (QED) is 0.0274. The molecule has 0 aliphatic rings. The van der Waals surface area contributed by atoms with Gasteiger partial charge in [0.2, 0.25) is 0 Å². The van der Waals surface area contributed by atoms with Crippen molar-refractivity contribution in [1.82, 2.24) is 0 Å². The van der Waals surface area contributed by atoms with Gasteiger partial charge in [-0.3, -0.25) is 18.6 Å². The second-order valence-electron chi connectivity index (χ2n) is 13.5. The highest BCUT2D eigenvalue weighted by molar-refractivity contribution is 7.47. The van der Waals surface area contributed by atoms with Crippen molar-refractivity contribution in [2.45, 2.75) is 187 Å². The summed E-state index contributed by atoms with van der Waals surface area (Å²) in [5, 5.41) is 0. The van der Waals surface area contributed by atoms with Crippen LogP contribution in [0.5, 0.6) is 0 Å². The third kappa shape index (κ3) is 37.8. The highest BCUT2D eigenvalue weighted by atomic mass is 31.2. The molecule has 0 aromatic rings. The first-order chi connectivity index (χ1) is 24.8. The van der Waals surface area contributed by atoms with Gasteiger partial charge in [-0.1, -0.05) is 134 Å². The minimum absolute atomic E-state index is 0.0497. The van der Waals surface area contributed by atoms with Crippen LogP contribution in [-0.4, -0.2) is 49.3 Å². The van der Waals surface area contributed by atoms with Gasteiger partial charge < -0.3 is 20.1 Å². The summed E-state index contributed by atoms with van der Waals surface area (Å²) >= 11 is 0. The van der Waals surface area contributed by atoms with Crippen LogP contribution in [0.4, 0.5) is 0 Å². The van der Waals surface area contributed by atoms with Crippen LogP contribution >= 0.6 is 7.82 Å². The van der Waals surface area contributed by atoms with Gasteiger partial charge in [0.25, 0.3) is 0 Å². The van der Waals surface area contributed by atoms with E-state index in [0.717, 1.165) is 70.6 Å². The molecule has 0 rings (SSSR count). The van der Waals surface area contributed by atoms with Crippen molar-refractivity contribution in [1.29, 1.82) is 0 Å². The number of hydrogen-bond donors (Lipinski definition) is 2. The Balaban J connectivity index is 4.23. The maximum absolute atomic E-state index is 12.5. The number of nitrogens with two attached hydrogens (primary N) is 1. The van der Waals surface area contributed by atoms with Crippen molar-refractivity contribution in [3.63, 3.8) is 0 Å². The standard InChI is InChI=1S/C41H76NO8P/c1-3-5-7-9-11-13-15-17-19-21-23-25-27-29-31-33-40(43)47-37-39(38-49-51(45,46)48-36-35-42)50-41(44)34-32-30-28-26-24-22-20-18-16-14-12-10-8-6-4-2/h11,13,17-20,39H,3-10,12,14-16,21-38,42H2,1-2H3,(H,45,46)/t39-/m1/s1. The minimum Gasteiger partial charge on any atom is -0.462 e. The van der Waals surface area contributed by atoms with Crippen LogP contribution in [0.15, 0.2) is 36.5 Å². The zero-order valence-electron chi connectivity index (χ0n) is 32.6. The zero-order valence-corrected chi connectivity index (χ0v) is 33.5. The summed E-state index contributed by atoms with van der Waals surface area (Å²) in [6.07, 6.45) is 40.2. The Morgan fingerprint density at radius 1 is 0.588 bits per heavy atom. The summed E-state index contributed by atoms with van der Waals surface area (Å²) in [5.74, 6) is -0.854. The van der Waals surface area contributed by atoms with Gasteiger partial charge in [0.1, 0.15) is 6.61 Å². The lowest BCUT2D eigenvalue weighted by Crippen LogP contribution is -2.29. The van der Waals surface area contributed by atoms with E-state index in [2.05, 4.69) is 50.3 Å². The lowest BCUT2D eigenvalue weighted by Gasteiger charge is -2.19. The molecule has 0 saturated carbocycles. The van der Waals surface area contributed by atoms with E-state index < -0.39 is 32.5 Å². The molecule has 0 aromatic heterocycles. The molecular formula is C41H76NO8P. The average Bonchev–Trinajstić information content (AvgIpc) is 3.11. The topological polar surface area (TPSA) is 134 Å². The number of ether oxygens (including phenoxy) is 2. The Kier molecular flexibility index (Phi) is 36.7. The van der Waals surface area contributed by atoms with Crippen molar-refractivity contribution in [2.75, 3.05) is 26.4 Å². The average molecular weight is 742 g/mol. The molecule has 0 radical (unpaired) electrons. The molecule has 2 atom stereocenters. The molecule has 9 nitrogen and oxygen atoms in total.